The third kappa shape index (κ3) is 2.27. The van der Waals surface area contributed by atoms with Crippen molar-refractivity contribution in [3.05, 3.63) is 41.6 Å². The Bertz CT molecular complexity index is 586. The van der Waals surface area contributed by atoms with Gasteiger partial charge in [-0.3, -0.25) is 9.58 Å². The fourth-order valence-electron chi connectivity index (χ4n) is 2.92. The topological polar surface area (TPSA) is 54.4 Å². The average molecular weight is 273 g/mol. The van der Waals surface area contributed by atoms with E-state index in [0.717, 1.165) is 44.7 Å². The average Bonchev–Trinajstić information content (AvgIpc) is 3.01. The lowest BCUT2D eigenvalue weighted by molar-refractivity contribution is 0.147. The van der Waals surface area contributed by atoms with Crippen LogP contribution in [0.5, 0.6) is 0 Å². The minimum Gasteiger partial charge on any atom is -0.472 e. The van der Waals surface area contributed by atoms with Crippen LogP contribution in [0, 0.1) is 5.92 Å². The standard InChI is InChI=1S/C15H19N3O2/c19-15(12-1-2-12)14-7-13-9-17(4-5-18(13)16-14)8-11-3-6-20-10-11/h3,6-7,10,12,15,19H,1-2,4-5,8-9H2. The van der Waals surface area contributed by atoms with Gasteiger partial charge in [0, 0.05) is 25.2 Å². The maximum atomic E-state index is 10.2. The highest BCUT2D eigenvalue weighted by molar-refractivity contribution is 5.16. The van der Waals surface area contributed by atoms with E-state index in [2.05, 4.69) is 16.1 Å². The fourth-order valence-corrected chi connectivity index (χ4v) is 2.92. The highest BCUT2D eigenvalue weighted by Crippen LogP contribution is 2.40. The van der Waals surface area contributed by atoms with E-state index in [4.69, 9.17) is 4.42 Å². The molecule has 0 bridgehead atoms. The predicted molar refractivity (Wildman–Crippen MR) is 72.7 cm³/mol. The molecule has 2 aliphatic rings. The summed E-state index contributed by atoms with van der Waals surface area (Å²) in [6.45, 7) is 3.67. The monoisotopic (exact) mass is 273 g/mol. The van der Waals surface area contributed by atoms with Crippen LogP contribution in [0.2, 0.25) is 0 Å². The second kappa shape index (κ2) is 4.75. The van der Waals surface area contributed by atoms with E-state index in [9.17, 15) is 5.11 Å². The Balaban J connectivity index is 1.48. The third-order valence-corrected chi connectivity index (χ3v) is 4.25. The summed E-state index contributed by atoms with van der Waals surface area (Å²) in [6.07, 6.45) is 5.42. The minimum absolute atomic E-state index is 0.365. The van der Waals surface area contributed by atoms with E-state index >= 15 is 0 Å². The molecule has 20 heavy (non-hydrogen) atoms. The van der Waals surface area contributed by atoms with Gasteiger partial charge in [-0.2, -0.15) is 5.10 Å². The van der Waals surface area contributed by atoms with E-state index in [1.807, 2.05) is 10.7 Å². The zero-order valence-corrected chi connectivity index (χ0v) is 11.4. The largest absolute Gasteiger partial charge is 0.472 e. The summed E-state index contributed by atoms with van der Waals surface area (Å²) in [5, 5.41) is 14.7. The molecule has 1 aliphatic heterocycles. The zero-order valence-electron chi connectivity index (χ0n) is 11.4. The maximum Gasteiger partial charge on any atom is 0.101 e. The Kier molecular flexibility index (Phi) is 2.89. The first-order valence-electron chi connectivity index (χ1n) is 7.28. The van der Waals surface area contributed by atoms with Gasteiger partial charge in [-0.1, -0.05) is 0 Å². The van der Waals surface area contributed by atoms with Crippen LogP contribution in [0.3, 0.4) is 0 Å². The quantitative estimate of drug-likeness (QED) is 0.925. The van der Waals surface area contributed by atoms with Crippen molar-refractivity contribution in [3.63, 3.8) is 0 Å². The number of nitrogens with zero attached hydrogens (tertiary/aromatic N) is 3. The lowest BCUT2D eigenvalue weighted by Gasteiger charge is -2.26. The molecule has 0 aromatic carbocycles. The molecule has 5 heteroatoms. The molecule has 1 saturated carbocycles. The molecule has 2 aromatic heterocycles. The first kappa shape index (κ1) is 12.2. The van der Waals surface area contributed by atoms with Gasteiger partial charge in [0.15, 0.2) is 0 Å². The number of hydrogen-bond acceptors (Lipinski definition) is 4. The van der Waals surface area contributed by atoms with Crippen LogP contribution in [0.15, 0.2) is 29.1 Å². The van der Waals surface area contributed by atoms with Crippen LogP contribution in [0.25, 0.3) is 0 Å². The fraction of sp³-hybridized carbons (Fsp3) is 0.533. The van der Waals surface area contributed by atoms with Crippen molar-refractivity contribution in [1.82, 2.24) is 14.7 Å². The summed E-state index contributed by atoms with van der Waals surface area (Å²) in [6, 6.07) is 4.08. The second-order valence-electron chi connectivity index (χ2n) is 5.91. The van der Waals surface area contributed by atoms with Crippen LogP contribution in [-0.2, 0) is 19.6 Å². The molecular weight excluding hydrogens is 254 g/mol. The van der Waals surface area contributed by atoms with Gasteiger partial charge in [-0.15, -0.1) is 0 Å². The summed E-state index contributed by atoms with van der Waals surface area (Å²) < 4.78 is 7.17. The summed E-state index contributed by atoms with van der Waals surface area (Å²) in [7, 11) is 0. The molecule has 0 radical (unpaired) electrons. The molecule has 4 rings (SSSR count). The number of aliphatic hydroxyl groups excluding tert-OH is 1. The van der Waals surface area contributed by atoms with Crippen molar-refractivity contribution in [2.24, 2.45) is 5.92 Å². The SMILES string of the molecule is OC(c1cc2n(n1)CCN(Cc1ccoc1)C2)C1CC1. The molecule has 0 amide bonds. The molecule has 106 valence electrons. The predicted octanol–water partition coefficient (Wildman–Crippen LogP) is 1.94. The summed E-state index contributed by atoms with van der Waals surface area (Å²) >= 11 is 0. The normalized spacial score (nSPS) is 20.9. The van der Waals surface area contributed by atoms with Crippen LogP contribution in [0.4, 0.5) is 0 Å². The zero-order chi connectivity index (χ0) is 13.5. The molecule has 1 N–H and O–H groups in total. The van der Waals surface area contributed by atoms with E-state index in [0.29, 0.717) is 5.92 Å². The molecule has 1 fully saturated rings. The van der Waals surface area contributed by atoms with Gasteiger partial charge in [0.2, 0.25) is 0 Å². The van der Waals surface area contributed by atoms with Crippen LogP contribution in [-0.4, -0.2) is 26.3 Å². The third-order valence-electron chi connectivity index (χ3n) is 4.25. The van der Waals surface area contributed by atoms with Crippen molar-refractivity contribution >= 4 is 0 Å². The summed E-state index contributed by atoms with van der Waals surface area (Å²) in [5.41, 5.74) is 3.26. The molecule has 1 aliphatic carbocycles. The molecular formula is C15H19N3O2. The molecule has 2 aromatic rings. The number of rotatable bonds is 4. The van der Waals surface area contributed by atoms with Crippen molar-refractivity contribution in [2.45, 2.75) is 38.6 Å². The van der Waals surface area contributed by atoms with Crippen molar-refractivity contribution in [3.8, 4) is 0 Å². The summed E-state index contributed by atoms with van der Waals surface area (Å²) in [4.78, 5) is 2.38. The molecule has 1 unspecified atom stereocenters. The van der Waals surface area contributed by atoms with Gasteiger partial charge < -0.3 is 9.52 Å². The Hall–Kier alpha value is -1.59. The maximum absolute atomic E-state index is 10.2. The molecule has 5 nitrogen and oxygen atoms in total. The smallest absolute Gasteiger partial charge is 0.101 e. The minimum atomic E-state index is -0.365. The van der Waals surface area contributed by atoms with Gasteiger partial charge >= 0.3 is 0 Å². The van der Waals surface area contributed by atoms with Crippen molar-refractivity contribution < 1.29 is 9.52 Å². The van der Waals surface area contributed by atoms with E-state index < -0.39 is 0 Å². The number of furan rings is 1. The summed E-state index contributed by atoms with van der Waals surface area (Å²) in [5.74, 6) is 0.439. The molecule has 0 spiro atoms. The van der Waals surface area contributed by atoms with Gasteiger partial charge in [0.1, 0.15) is 6.10 Å². The molecule has 0 saturated heterocycles. The molecule has 3 heterocycles. The number of aliphatic hydroxyl groups is 1. The highest BCUT2D eigenvalue weighted by atomic mass is 16.3. The van der Waals surface area contributed by atoms with Gasteiger partial charge in [-0.05, 0) is 30.9 Å². The van der Waals surface area contributed by atoms with E-state index in [1.54, 1.807) is 12.5 Å². The van der Waals surface area contributed by atoms with Crippen molar-refractivity contribution in [2.75, 3.05) is 6.54 Å². The van der Waals surface area contributed by atoms with E-state index in [-0.39, 0.29) is 6.10 Å². The van der Waals surface area contributed by atoms with Gasteiger partial charge in [0.05, 0.1) is 30.5 Å². The number of aromatic nitrogens is 2. The lowest BCUT2D eigenvalue weighted by atomic mass is 10.1. The van der Waals surface area contributed by atoms with Gasteiger partial charge in [-0.25, -0.2) is 0 Å². The van der Waals surface area contributed by atoms with Crippen LogP contribution < -0.4 is 0 Å². The Morgan fingerprint density at radius 1 is 1.40 bits per heavy atom. The van der Waals surface area contributed by atoms with Crippen molar-refractivity contribution in [1.29, 1.82) is 0 Å². The van der Waals surface area contributed by atoms with E-state index in [1.165, 1.54) is 11.3 Å². The van der Waals surface area contributed by atoms with Gasteiger partial charge in [0.25, 0.3) is 0 Å². The number of hydrogen-bond donors (Lipinski definition) is 1. The Morgan fingerprint density at radius 3 is 3.05 bits per heavy atom. The second-order valence-corrected chi connectivity index (χ2v) is 5.91. The molecule has 1 atom stereocenters. The van der Waals surface area contributed by atoms with Crippen LogP contribution >= 0.6 is 0 Å². The number of fused-ring (bicyclic) bond motifs is 1. The Labute approximate surface area is 117 Å². The first-order chi connectivity index (χ1) is 9.79. The van der Waals surface area contributed by atoms with Crippen LogP contribution in [0.1, 0.15) is 35.9 Å². The highest BCUT2D eigenvalue weighted by Gasteiger charge is 2.33. The lowest BCUT2D eigenvalue weighted by Crippen LogP contribution is -2.33. The Morgan fingerprint density at radius 2 is 2.30 bits per heavy atom. The first-order valence-corrected chi connectivity index (χ1v) is 7.28.